The minimum atomic E-state index is 0.152. The van der Waals surface area contributed by atoms with E-state index in [0.29, 0.717) is 6.61 Å². The zero-order valence-electron chi connectivity index (χ0n) is 7.78. The molecule has 0 radical (unpaired) electrons. The van der Waals surface area contributed by atoms with Gasteiger partial charge < -0.3 is 10.1 Å². The van der Waals surface area contributed by atoms with Gasteiger partial charge in [0.25, 0.3) is 0 Å². The molecule has 0 atom stereocenters. The average molecular weight is 206 g/mol. The molecule has 0 heterocycles. The lowest BCUT2D eigenvalue weighted by Gasteiger charge is -2.05. The summed E-state index contributed by atoms with van der Waals surface area (Å²) in [6.07, 6.45) is 0. The number of nitrogens with zero attached hydrogens (tertiary/aromatic N) is 1. The van der Waals surface area contributed by atoms with Crippen molar-refractivity contribution < 1.29 is 4.74 Å². The van der Waals surface area contributed by atoms with Crippen molar-refractivity contribution in [2.45, 2.75) is 6.92 Å². The van der Waals surface area contributed by atoms with Crippen LogP contribution in [0.3, 0.4) is 0 Å². The quantitative estimate of drug-likeness (QED) is 0.771. The second kappa shape index (κ2) is 5.20. The standard InChI is InChI=1S/C10H10N2OS/c1-2-13-9-5-3-4-8(6-9)12-10(14)7-11/h3-6H,2H2,1H3,(H,12,14). The fraction of sp³-hybridized carbons (Fsp3) is 0.200. The van der Waals surface area contributed by atoms with Gasteiger partial charge in [-0.2, -0.15) is 5.26 Å². The van der Waals surface area contributed by atoms with Crippen molar-refractivity contribution in [3.05, 3.63) is 24.3 Å². The molecule has 3 nitrogen and oxygen atoms in total. The highest BCUT2D eigenvalue weighted by Crippen LogP contribution is 2.17. The summed E-state index contributed by atoms with van der Waals surface area (Å²) < 4.78 is 5.30. The Morgan fingerprint density at radius 1 is 1.64 bits per heavy atom. The van der Waals surface area contributed by atoms with Crippen LogP contribution in [0, 0.1) is 11.3 Å². The van der Waals surface area contributed by atoms with Crippen molar-refractivity contribution in [3.63, 3.8) is 0 Å². The van der Waals surface area contributed by atoms with E-state index in [1.807, 2.05) is 31.2 Å². The smallest absolute Gasteiger partial charge is 0.182 e. The van der Waals surface area contributed by atoms with Gasteiger partial charge in [0.15, 0.2) is 4.99 Å². The van der Waals surface area contributed by atoms with Crippen LogP contribution in [0.1, 0.15) is 6.92 Å². The summed E-state index contributed by atoms with van der Waals surface area (Å²) >= 11 is 4.73. The average Bonchev–Trinajstić information content (AvgIpc) is 2.19. The summed E-state index contributed by atoms with van der Waals surface area (Å²) in [7, 11) is 0. The second-order valence-corrected chi connectivity index (χ2v) is 2.94. The first-order valence-electron chi connectivity index (χ1n) is 4.20. The van der Waals surface area contributed by atoms with Crippen LogP contribution >= 0.6 is 12.2 Å². The molecule has 0 aliphatic carbocycles. The van der Waals surface area contributed by atoms with Crippen molar-refractivity contribution in [2.75, 3.05) is 11.9 Å². The highest BCUT2D eigenvalue weighted by molar-refractivity contribution is 7.81. The van der Waals surface area contributed by atoms with E-state index < -0.39 is 0 Å². The van der Waals surface area contributed by atoms with Gasteiger partial charge in [-0.15, -0.1) is 0 Å². The predicted molar refractivity (Wildman–Crippen MR) is 59.4 cm³/mol. The summed E-state index contributed by atoms with van der Waals surface area (Å²) in [5.74, 6) is 0.762. The summed E-state index contributed by atoms with van der Waals surface area (Å²) in [5.41, 5.74) is 0.766. The Morgan fingerprint density at radius 2 is 2.43 bits per heavy atom. The summed E-state index contributed by atoms with van der Waals surface area (Å²) in [4.78, 5) is 0.152. The maximum atomic E-state index is 8.48. The Morgan fingerprint density at radius 3 is 3.07 bits per heavy atom. The molecule has 72 valence electrons. The third-order valence-corrected chi connectivity index (χ3v) is 1.70. The Kier molecular flexibility index (Phi) is 3.89. The van der Waals surface area contributed by atoms with E-state index in [-0.39, 0.29) is 4.99 Å². The van der Waals surface area contributed by atoms with Crippen LogP contribution in [0.15, 0.2) is 24.3 Å². The zero-order valence-corrected chi connectivity index (χ0v) is 8.60. The van der Waals surface area contributed by atoms with E-state index in [1.165, 1.54) is 0 Å². The molecule has 14 heavy (non-hydrogen) atoms. The van der Waals surface area contributed by atoms with Gasteiger partial charge in [0.1, 0.15) is 11.8 Å². The van der Waals surface area contributed by atoms with Gasteiger partial charge in [0.05, 0.1) is 6.61 Å². The van der Waals surface area contributed by atoms with Crippen LogP contribution < -0.4 is 10.1 Å². The van der Waals surface area contributed by atoms with Crippen molar-refractivity contribution in [1.82, 2.24) is 0 Å². The third kappa shape index (κ3) is 3.04. The fourth-order valence-electron chi connectivity index (χ4n) is 0.989. The van der Waals surface area contributed by atoms with E-state index in [0.717, 1.165) is 11.4 Å². The Balaban J connectivity index is 2.74. The molecule has 0 fully saturated rings. The molecule has 1 N–H and O–H groups in total. The Bertz CT molecular complexity index is 371. The van der Waals surface area contributed by atoms with Gasteiger partial charge >= 0.3 is 0 Å². The number of nitrogens with one attached hydrogen (secondary N) is 1. The van der Waals surface area contributed by atoms with Crippen molar-refractivity contribution in [2.24, 2.45) is 0 Å². The van der Waals surface area contributed by atoms with Crippen molar-refractivity contribution >= 4 is 22.9 Å². The van der Waals surface area contributed by atoms with Crippen LogP contribution in [-0.4, -0.2) is 11.6 Å². The largest absolute Gasteiger partial charge is 0.494 e. The van der Waals surface area contributed by atoms with Gasteiger partial charge in [-0.25, -0.2) is 0 Å². The molecule has 1 aromatic carbocycles. The molecule has 0 amide bonds. The number of hydrogen-bond donors (Lipinski definition) is 1. The molecule has 4 heteroatoms. The molecule has 0 saturated carbocycles. The third-order valence-electron chi connectivity index (χ3n) is 1.50. The van der Waals surface area contributed by atoms with Crippen LogP contribution in [0.5, 0.6) is 5.75 Å². The van der Waals surface area contributed by atoms with Gasteiger partial charge in [-0.3, -0.25) is 0 Å². The zero-order chi connectivity index (χ0) is 10.4. The monoisotopic (exact) mass is 206 g/mol. The lowest BCUT2D eigenvalue weighted by molar-refractivity contribution is 0.340. The fourth-order valence-corrected chi connectivity index (χ4v) is 1.11. The lowest BCUT2D eigenvalue weighted by atomic mass is 10.3. The second-order valence-electron chi connectivity index (χ2n) is 2.53. The predicted octanol–water partition coefficient (Wildman–Crippen LogP) is 2.35. The molecule has 0 unspecified atom stereocenters. The molecular weight excluding hydrogens is 196 g/mol. The number of nitriles is 1. The first-order valence-corrected chi connectivity index (χ1v) is 4.61. The van der Waals surface area contributed by atoms with Crippen molar-refractivity contribution in [3.8, 4) is 11.8 Å². The SMILES string of the molecule is CCOc1cccc(NC(=S)C#N)c1. The lowest BCUT2D eigenvalue weighted by Crippen LogP contribution is -2.05. The van der Waals surface area contributed by atoms with E-state index in [4.69, 9.17) is 22.2 Å². The molecule has 0 aromatic heterocycles. The molecule has 0 aliphatic heterocycles. The van der Waals surface area contributed by atoms with Gasteiger partial charge in [0.2, 0.25) is 0 Å². The minimum absolute atomic E-state index is 0.152. The maximum absolute atomic E-state index is 8.48. The molecule has 0 bridgehead atoms. The summed E-state index contributed by atoms with van der Waals surface area (Å²) in [6.45, 7) is 2.53. The van der Waals surface area contributed by atoms with Gasteiger partial charge in [-0.05, 0) is 31.3 Å². The molecule has 1 rings (SSSR count). The van der Waals surface area contributed by atoms with Crippen molar-refractivity contribution in [1.29, 1.82) is 5.26 Å². The normalized spacial score (nSPS) is 8.86. The summed E-state index contributed by atoms with van der Waals surface area (Å²) in [5, 5.41) is 11.3. The topological polar surface area (TPSA) is 45.0 Å². The molecule has 0 aliphatic rings. The number of benzene rings is 1. The first-order chi connectivity index (χ1) is 6.76. The van der Waals surface area contributed by atoms with Crippen LogP contribution in [0.4, 0.5) is 5.69 Å². The first kappa shape index (κ1) is 10.5. The molecule has 0 spiro atoms. The number of ether oxygens (including phenoxy) is 1. The maximum Gasteiger partial charge on any atom is 0.182 e. The van der Waals surface area contributed by atoms with Crippen LogP contribution in [0.25, 0.3) is 0 Å². The Hall–Kier alpha value is -1.60. The number of rotatable bonds is 3. The van der Waals surface area contributed by atoms with E-state index in [2.05, 4.69) is 5.32 Å². The van der Waals surface area contributed by atoms with E-state index >= 15 is 0 Å². The van der Waals surface area contributed by atoms with Crippen LogP contribution in [-0.2, 0) is 0 Å². The molecular formula is C10H10N2OS. The van der Waals surface area contributed by atoms with E-state index in [9.17, 15) is 0 Å². The summed E-state index contributed by atoms with van der Waals surface area (Å²) in [6, 6.07) is 9.16. The highest BCUT2D eigenvalue weighted by atomic mass is 32.1. The van der Waals surface area contributed by atoms with Gasteiger partial charge in [-0.1, -0.05) is 6.07 Å². The number of hydrogen-bond acceptors (Lipinski definition) is 3. The molecule has 0 saturated heterocycles. The number of thiocarbonyl (C=S) groups is 1. The van der Waals surface area contributed by atoms with Gasteiger partial charge in [0, 0.05) is 11.8 Å². The number of anilines is 1. The highest BCUT2D eigenvalue weighted by Gasteiger charge is 1.97. The Labute approximate surface area is 88.3 Å². The van der Waals surface area contributed by atoms with E-state index in [1.54, 1.807) is 6.07 Å². The van der Waals surface area contributed by atoms with Crippen LogP contribution in [0.2, 0.25) is 0 Å². The molecule has 1 aromatic rings. The minimum Gasteiger partial charge on any atom is -0.494 e.